The van der Waals surface area contributed by atoms with E-state index in [1.165, 1.54) is 0 Å². The number of carbonyl (C=O) groups excluding carboxylic acids is 1. The van der Waals surface area contributed by atoms with Crippen LogP contribution in [0.4, 0.5) is 4.79 Å². The molecule has 34 heavy (non-hydrogen) atoms. The minimum Gasteiger partial charge on any atom is -0.444 e. The maximum absolute atomic E-state index is 12.7. The summed E-state index contributed by atoms with van der Waals surface area (Å²) in [5.74, 6) is 5.72. The molecule has 1 saturated heterocycles. The standard InChI is InChI=1S/C27H43NO5Si/c1-25(2,3)33-24(29)28-17-16-27(30,15-12-18-31-20-22-13-10-9-11-14-22)23(19-28)21-32-34(7,8)26(4,5)6/h9-11,13-14,23,30H,16-21H2,1-8H3. The van der Waals surface area contributed by atoms with E-state index in [1.54, 1.807) is 4.90 Å². The number of ether oxygens (including phenoxy) is 2. The normalized spacial score (nSPS) is 21.6. The van der Waals surface area contributed by atoms with Gasteiger partial charge < -0.3 is 23.9 Å². The third kappa shape index (κ3) is 8.42. The maximum atomic E-state index is 12.7. The molecule has 1 fully saturated rings. The molecule has 1 heterocycles. The molecule has 0 radical (unpaired) electrons. The van der Waals surface area contributed by atoms with Crippen LogP contribution in [-0.4, -0.2) is 61.9 Å². The highest BCUT2D eigenvalue weighted by Gasteiger charge is 2.45. The summed E-state index contributed by atoms with van der Waals surface area (Å²) in [6.07, 6.45) is -0.0327. The zero-order chi connectivity index (χ0) is 25.6. The van der Waals surface area contributed by atoms with Crippen LogP contribution >= 0.6 is 0 Å². The summed E-state index contributed by atoms with van der Waals surface area (Å²) < 4.78 is 17.7. The van der Waals surface area contributed by atoms with Gasteiger partial charge in [-0.3, -0.25) is 0 Å². The first kappa shape index (κ1) is 28.4. The second kappa shape index (κ2) is 11.3. The molecule has 1 aromatic rings. The van der Waals surface area contributed by atoms with Crippen LogP contribution < -0.4 is 0 Å². The maximum Gasteiger partial charge on any atom is 0.410 e. The number of nitrogens with zero attached hydrogens (tertiary/aromatic N) is 1. The molecule has 0 saturated carbocycles. The Morgan fingerprint density at radius 1 is 1.18 bits per heavy atom. The van der Waals surface area contributed by atoms with Crippen molar-refractivity contribution in [2.24, 2.45) is 5.92 Å². The first-order valence-corrected chi connectivity index (χ1v) is 15.0. The van der Waals surface area contributed by atoms with E-state index in [9.17, 15) is 9.90 Å². The number of hydrogen-bond acceptors (Lipinski definition) is 5. The molecule has 2 rings (SSSR count). The summed E-state index contributed by atoms with van der Waals surface area (Å²) in [7, 11) is -2.04. The number of likely N-dealkylation sites (tertiary alicyclic amines) is 1. The average molecular weight is 490 g/mol. The molecule has 7 heteroatoms. The molecule has 0 aliphatic carbocycles. The lowest BCUT2D eigenvalue weighted by Gasteiger charge is -2.44. The van der Waals surface area contributed by atoms with Gasteiger partial charge in [0.25, 0.3) is 0 Å². The largest absolute Gasteiger partial charge is 0.444 e. The second-order valence-electron chi connectivity index (χ2n) is 11.6. The van der Waals surface area contributed by atoms with Gasteiger partial charge in [-0.25, -0.2) is 4.79 Å². The van der Waals surface area contributed by atoms with E-state index in [4.69, 9.17) is 13.9 Å². The molecule has 190 valence electrons. The Kier molecular flexibility index (Phi) is 9.40. The van der Waals surface area contributed by atoms with Crippen molar-refractivity contribution in [3.8, 4) is 11.8 Å². The van der Waals surface area contributed by atoms with Crippen LogP contribution in [0, 0.1) is 17.8 Å². The number of aliphatic hydroxyl groups is 1. The summed E-state index contributed by atoms with van der Waals surface area (Å²) in [5, 5.41) is 11.5. The minimum absolute atomic E-state index is 0.0432. The molecular formula is C27H43NO5Si. The Hall–Kier alpha value is -1.85. The zero-order valence-electron chi connectivity index (χ0n) is 22.2. The van der Waals surface area contributed by atoms with Crippen LogP contribution in [0.15, 0.2) is 30.3 Å². The summed E-state index contributed by atoms with van der Waals surface area (Å²) >= 11 is 0. The van der Waals surface area contributed by atoms with E-state index in [0.29, 0.717) is 32.7 Å². The highest BCUT2D eigenvalue weighted by Crippen LogP contribution is 2.38. The molecular weight excluding hydrogens is 446 g/mol. The van der Waals surface area contributed by atoms with Crippen molar-refractivity contribution in [1.29, 1.82) is 0 Å². The van der Waals surface area contributed by atoms with E-state index in [-0.39, 0.29) is 23.7 Å². The molecule has 0 aromatic heterocycles. The van der Waals surface area contributed by atoms with E-state index >= 15 is 0 Å². The molecule has 1 aromatic carbocycles. The summed E-state index contributed by atoms with van der Waals surface area (Å²) in [4.78, 5) is 14.4. The second-order valence-corrected chi connectivity index (χ2v) is 16.5. The van der Waals surface area contributed by atoms with Gasteiger partial charge in [-0.1, -0.05) is 62.9 Å². The predicted octanol–water partition coefficient (Wildman–Crippen LogP) is 5.22. The van der Waals surface area contributed by atoms with Crippen LogP contribution in [0.25, 0.3) is 0 Å². The van der Waals surface area contributed by atoms with Crippen LogP contribution in [-0.2, 0) is 20.5 Å². The van der Waals surface area contributed by atoms with Gasteiger partial charge in [0, 0.05) is 32.0 Å². The highest BCUT2D eigenvalue weighted by atomic mass is 28.4. The number of piperidine rings is 1. The van der Waals surface area contributed by atoms with Crippen LogP contribution in [0.2, 0.25) is 18.1 Å². The molecule has 1 amide bonds. The molecule has 1 N–H and O–H groups in total. The van der Waals surface area contributed by atoms with Crippen molar-refractivity contribution >= 4 is 14.4 Å². The van der Waals surface area contributed by atoms with Gasteiger partial charge in [-0.2, -0.15) is 0 Å². The minimum atomic E-state index is -2.04. The molecule has 1 aliphatic heterocycles. The van der Waals surface area contributed by atoms with Crippen molar-refractivity contribution in [1.82, 2.24) is 4.90 Å². The molecule has 0 spiro atoms. The van der Waals surface area contributed by atoms with Crippen LogP contribution in [0.5, 0.6) is 0 Å². The third-order valence-electron chi connectivity index (χ3n) is 6.57. The van der Waals surface area contributed by atoms with Crippen LogP contribution in [0.3, 0.4) is 0 Å². The summed E-state index contributed by atoms with van der Waals surface area (Å²) in [6, 6.07) is 9.91. The monoisotopic (exact) mass is 489 g/mol. The first-order chi connectivity index (χ1) is 15.6. The van der Waals surface area contributed by atoms with E-state index in [0.717, 1.165) is 5.56 Å². The Bertz CT molecular complexity index is 863. The Morgan fingerprint density at radius 3 is 2.41 bits per heavy atom. The van der Waals surface area contributed by atoms with Gasteiger partial charge in [0.05, 0.1) is 6.61 Å². The quantitative estimate of drug-likeness (QED) is 0.337. The lowest BCUT2D eigenvalue weighted by atomic mass is 9.82. The lowest BCUT2D eigenvalue weighted by Crippen LogP contribution is -2.56. The SMILES string of the molecule is CC(C)(C)OC(=O)N1CCC(O)(C#CCOCc2ccccc2)C(CO[Si](C)(C)C(C)(C)C)C1. The van der Waals surface area contributed by atoms with Gasteiger partial charge in [-0.15, -0.1) is 0 Å². The number of rotatable bonds is 6. The average Bonchev–Trinajstić information content (AvgIpc) is 2.71. The topological polar surface area (TPSA) is 68.2 Å². The summed E-state index contributed by atoms with van der Waals surface area (Å²) in [5.41, 5.74) is -0.750. The Labute approximate surface area is 207 Å². The fourth-order valence-electron chi connectivity index (χ4n) is 3.37. The van der Waals surface area contributed by atoms with Crippen molar-refractivity contribution in [3.05, 3.63) is 35.9 Å². The molecule has 1 aliphatic rings. The predicted molar refractivity (Wildman–Crippen MR) is 138 cm³/mol. The number of benzene rings is 1. The molecule has 2 atom stereocenters. The van der Waals surface area contributed by atoms with E-state index in [2.05, 4.69) is 45.7 Å². The number of hydrogen-bond donors (Lipinski definition) is 1. The van der Waals surface area contributed by atoms with Crippen molar-refractivity contribution < 1.29 is 23.8 Å². The Morgan fingerprint density at radius 2 is 1.82 bits per heavy atom. The van der Waals surface area contributed by atoms with E-state index in [1.807, 2.05) is 51.1 Å². The summed E-state index contributed by atoms with van der Waals surface area (Å²) in [6.45, 7) is 18.2. The lowest BCUT2D eigenvalue weighted by molar-refractivity contribution is -0.0519. The third-order valence-corrected chi connectivity index (χ3v) is 11.1. The van der Waals surface area contributed by atoms with Gasteiger partial charge in [0.15, 0.2) is 8.32 Å². The zero-order valence-corrected chi connectivity index (χ0v) is 23.2. The molecule has 0 bridgehead atoms. The first-order valence-electron chi connectivity index (χ1n) is 12.1. The van der Waals surface area contributed by atoms with Crippen LogP contribution in [0.1, 0.15) is 53.5 Å². The Balaban J connectivity index is 2.10. The van der Waals surface area contributed by atoms with E-state index < -0.39 is 19.5 Å². The molecule has 6 nitrogen and oxygen atoms in total. The van der Waals surface area contributed by atoms with Gasteiger partial charge in [0.1, 0.15) is 17.8 Å². The highest BCUT2D eigenvalue weighted by molar-refractivity contribution is 6.74. The van der Waals surface area contributed by atoms with Gasteiger partial charge in [0.2, 0.25) is 0 Å². The van der Waals surface area contributed by atoms with Crippen molar-refractivity contribution in [2.45, 2.75) is 83.9 Å². The molecule has 2 unspecified atom stereocenters. The number of carbonyl (C=O) groups is 1. The fourth-order valence-corrected chi connectivity index (χ4v) is 4.42. The van der Waals surface area contributed by atoms with Gasteiger partial charge in [-0.05, 0) is 44.5 Å². The smallest absolute Gasteiger partial charge is 0.410 e. The fraction of sp³-hybridized carbons (Fsp3) is 0.667. The van der Waals surface area contributed by atoms with Gasteiger partial charge >= 0.3 is 6.09 Å². The number of amides is 1. The van der Waals surface area contributed by atoms with Crippen molar-refractivity contribution in [3.63, 3.8) is 0 Å². The van der Waals surface area contributed by atoms with Crippen molar-refractivity contribution in [2.75, 3.05) is 26.3 Å².